The van der Waals surface area contributed by atoms with Gasteiger partial charge in [-0.15, -0.1) is 10.2 Å². The number of rotatable bonds is 7. The van der Waals surface area contributed by atoms with E-state index in [1.54, 1.807) is 14.2 Å². The molecule has 0 radical (unpaired) electrons. The molecule has 0 bridgehead atoms. The number of aromatic nitrogens is 2. The van der Waals surface area contributed by atoms with Crippen molar-refractivity contribution in [2.45, 2.75) is 6.61 Å². The van der Waals surface area contributed by atoms with Crippen molar-refractivity contribution in [2.75, 3.05) is 31.4 Å². The average molecular weight is 308 g/mol. The monoisotopic (exact) mass is 308 g/mol. The summed E-state index contributed by atoms with van der Waals surface area (Å²) >= 11 is 1.29. The lowest BCUT2D eigenvalue weighted by atomic mass is 10.3. The number of ether oxygens (including phenoxy) is 2. The van der Waals surface area contributed by atoms with E-state index in [4.69, 9.17) is 9.47 Å². The Labute approximate surface area is 126 Å². The molecule has 0 spiro atoms. The molecule has 2 aromatic rings. The number of nitrogens with one attached hydrogen (secondary N) is 2. The first-order valence-electron chi connectivity index (χ1n) is 6.20. The number of anilines is 2. The lowest BCUT2D eigenvalue weighted by Crippen LogP contribution is -2.21. The Balaban J connectivity index is 1.83. The third-order valence-electron chi connectivity index (χ3n) is 2.50. The van der Waals surface area contributed by atoms with Gasteiger partial charge in [0.05, 0.1) is 13.7 Å². The van der Waals surface area contributed by atoms with Gasteiger partial charge in [0.1, 0.15) is 17.4 Å². The maximum absolute atomic E-state index is 11.8. The molecule has 1 amide bonds. The van der Waals surface area contributed by atoms with Crippen LogP contribution >= 0.6 is 11.3 Å². The molecule has 1 aromatic carbocycles. The minimum atomic E-state index is -0.196. The minimum absolute atomic E-state index is 0.131. The van der Waals surface area contributed by atoms with Crippen LogP contribution in [-0.4, -0.2) is 36.9 Å². The molecule has 0 unspecified atom stereocenters. The van der Waals surface area contributed by atoms with Gasteiger partial charge in [-0.25, -0.2) is 0 Å². The lowest BCUT2D eigenvalue weighted by Gasteiger charge is -2.07. The molecule has 0 aliphatic carbocycles. The third-order valence-corrected chi connectivity index (χ3v) is 3.32. The summed E-state index contributed by atoms with van der Waals surface area (Å²) in [5, 5.41) is 14.6. The second-order valence-electron chi connectivity index (χ2n) is 4.07. The van der Waals surface area contributed by atoms with E-state index < -0.39 is 0 Å². The van der Waals surface area contributed by atoms with E-state index in [1.165, 1.54) is 11.3 Å². The minimum Gasteiger partial charge on any atom is -0.497 e. The van der Waals surface area contributed by atoms with E-state index in [-0.39, 0.29) is 12.5 Å². The molecule has 2 N–H and O–H groups in total. The highest BCUT2D eigenvalue weighted by Gasteiger charge is 2.08. The molecule has 1 aromatic heterocycles. The Morgan fingerprint density at radius 1 is 1.33 bits per heavy atom. The molecule has 112 valence electrons. The fourth-order valence-corrected chi connectivity index (χ4v) is 2.29. The fourth-order valence-electron chi connectivity index (χ4n) is 1.56. The summed E-state index contributed by atoms with van der Waals surface area (Å²) in [5.41, 5.74) is 0.807. The Kier molecular flexibility index (Phi) is 5.47. The summed E-state index contributed by atoms with van der Waals surface area (Å²) in [6.07, 6.45) is 0. The SMILES string of the molecule is COCc1nnc(NC(=O)CNc2cccc(OC)c2)s1. The van der Waals surface area contributed by atoms with Gasteiger partial charge in [0.25, 0.3) is 0 Å². The Hall–Kier alpha value is -2.19. The van der Waals surface area contributed by atoms with E-state index in [2.05, 4.69) is 20.8 Å². The van der Waals surface area contributed by atoms with Gasteiger partial charge in [0.2, 0.25) is 11.0 Å². The predicted molar refractivity (Wildman–Crippen MR) is 80.7 cm³/mol. The largest absolute Gasteiger partial charge is 0.497 e. The molecule has 8 heteroatoms. The van der Waals surface area contributed by atoms with Gasteiger partial charge in [-0.05, 0) is 12.1 Å². The van der Waals surface area contributed by atoms with Crippen LogP contribution in [0.4, 0.5) is 10.8 Å². The quantitative estimate of drug-likeness (QED) is 0.810. The molecule has 21 heavy (non-hydrogen) atoms. The Morgan fingerprint density at radius 2 is 2.19 bits per heavy atom. The van der Waals surface area contributed by atoms with Crippen LogP contribution in [0.2, 0.25) is 0 Å². The molecule has 7 nitrogen and oxygen atoms in total. The van der Waals surface area contributed by atoms with E-state index in [0.717, 1.165) is 11.4 Å². The number of methoxy groups -OCH3 is 2. The van der Waals surface area contributed by atoms with Crippen LogP contribution in [0.3, 0.4) is 0 Å². The van der Waals surface area contributed by atoms with Gasteiger partial charge in [-0.1, -0.05) is 17.4 Å². The first-order chi connectivity index (χ1) is 10.2. The maximum atomic E-state index is 11.8. The first-order valence-corrected chi connectivity index (χ1v) is 7.02. The van der Waals surface area contributed by atoms with Crippen molar-refractivity contribution >= 4 is 28.1 Å². The molecule has 0 atom stereocenters. The number of carbonyl (C=O) groups excluding carboxylic acids is 1. The molecular weight excluding hydrogens is 292 g/mol. The summed E-state index contributed by atoms with van der Waals surface area (Å²) in [6, 6.07) is 7.36. The highest BCUT2D eigenvalue weighted by Crippen LogP contribution is 2.17. The number of benzene rings is 1. The smallest absolute Gasteiger partial charge is 0.245 e. The molecular formula is C13H16N4O3S. The molecule has 0 fully saturated rings. The number of hydrogen-bond donors (Lipinski definition) is 2. The Bertz CT molecular complexity index is 603. The summed E-state index contributed by atoms with van der Waals surface area (Å²) in [5.74, 6) is 0.534. The topological polar surface area (TPSA) is 85.4 Å². The van der Waals surface area contributed by atoms with E-state index >= 15 is 0 Å². The van der Waals surface area contributed by atoms with Crippen LogP contribution in [0, 0.1) is 0 Å². The third kappa shape index (κ3) is 4.69. The van der Waals surface area contributed by atoms with Crippen molar-refractivity contribution < 1.29 is 14.3 Å². The van der Waals surface area contributed by atoms with Crippen molar-refractivity contribution in [1.29, 1.82) is 0 Å². The number of nitrogens with zero attached hydrogens (tertiary/aromatic N) is 2. The zero-order chi connectivity index (χ0) is 15.1. The average Bonchev–Trinajstić information content (AvgIpc) is 2.93. The molecule has 0 saturated heterocycles. The zero-order valence-corrected chi connectivity index (χ0v) is 12.6. The van der Waals surface area contributed by atoms with E-state index in [1.807, 2.05) is 24.3 Å². The summed E-state index contributed by atoms with van der Waals surface area (Å²) in [7, 11) is 3.18. The predicted octanol–water partition coefficient (Wildman–Crippen LogP) is 1.74. The van der Waals surface area contributed by atoms with Gasteiger partial charge in [0, 0.05) is 18.9 Å². The fraction of sp³-hybridized carbons (Fsp3) is 0.308. The van der Waals surface area contributed by atoms with Gasteiger partial charge in [-0.3, -0.25) is 10.1 Å². The van der Waals surface area contributed by atoms with Crippen LogP contribution in [-0.2, 0) is 16.1 Å². The van der Waals surface area contributed by atoms with Crippen LogP contribution in [0.15, 0.2) is 24.3 Å². The van der Waals surface area contributed by atoms with Gasteiger partial charge < -0.3 is 14.8 Å². The van der Waals surface area contributed by atoms with Crippen molar-refractivity contribution in [3.8, 4) is 5.75 Å². The molecule has 0 saturated carbocycles. The lowest BCUT2D eigenvalue weighted by molar-refractivity contribution is -0.114. The molecule has 2 rings (SSSR count). The number of hydrogen-bond acceptors (Lipinski definition) is 7. The van der Waals surface area contributed by atoms with Crippen molar-refractivity contribution in [3.05, 3.63) is 29.3 Å². The van der Waals surface area contributed by atoms with Crippen molar-refractivity contribution in [2.24, 2.45) is 0 Å². The maximum Gasteiger partial charge on any atom is 0.245 e. The van der Waals surface area contributed by atoms with Gasteiger partial charge in [0.15, 0.2) is 0 Å². The van der Waals surface area contributed by atoms with Crippen LogP contribution in [0.1, 0.15) is 5.01 Å². The standard InChI is InChI=1S/C13H16N4O3S/c1-19-8-12-16-17-13(21-12)15-11(18)7-14-9-4-3-5-10(6-9)20-2/h3-6,14H,7-8H2,1-2H3,(H,15,17,18). The van der Waals surface area contributed by atoms with Crippen LogP contribution in [0.25, 0.3) is 0 Å². The highest BCUT2D eigenvalue weighted by molar-refractivity contribution is 7.15. The van der Waals surface area contributed by atoms with Crippen LogP contribution in [0.5, 0.6) is 5.75 Å². The summed E-state index contributed by atoms with van der Waals surface area (Å²) in [6.45, 7) is 0.516. The molecule has 0 aliphatic rings. The summed E-state index contributed by atoms with van der Waals surface area (Å²) in [4.78, 5) is 11.8. The zero-order valence-electron chi connectivity index (χ0n) is 11.8. The van der Waals surface area contributed by atoms with Crippen molar-refractivity contribution in [3.63, 3.8) is 0 Å². The van der Waals surface area contributed by atoms with E-state index in [0.29, 0.717) is 16.7 Å². The first kappa shape index (κ1) is 15.2. The molecule has 1 heterocycles. The second kappa shape index (κ2) is 7.55. The highest BCUT2D eigenvalue weighted by atomic mass is 32.1. The number of amides is 1. The normalized spacial score (nSPS) is 10.2. The van der Waals surface area contributed by atoms with Crippen molar-refractivity contribution in [1.82, 2.24) is 10.2 Å². The van der Waals surface area contributed by atoms with Crippen LogP contribution < -0.4 is 15.4 Å². The summed E-state index contributed by atoms with van der Waals surface area (Å²) < 4.78 is 10.1. The van der Waals surface area contributed by atoms with Gasteiger partial charge >= 0.3 is 0 Å². The second-order valence-corrected chi connectivity index (χ2v) is 5.13. The van der Waals surface area contributed by atoms with Gasteiger partial charge in [-0.2, -0.15) is 0 Å². The number of carbonyl (C=O) groups is 1. The Morgan fingerprint density at radius 3 is 2.95 bits per heavy atom. The van der Waals surface area contributed by atoms with E-state index in [9.17, 15) is 4.79 Å². The molecule has 0 aliphatic heterocycles.